The summed E-state index contributed by atoms with van der Waals surface area (Å²) in [7, 11) is -0.982. The van der Waals surface area contributed by atoms with E-state index in [2.05, 4.69) is 83.1 Å². The molecule has 1 heteroatoms. The van der Waals surface area contributed by atoms with Gasteiger partial charge in [-0.15, -0.1) is 0 Å². The molecule has 0 atom stereocenters. The molecular formula is C20H44P+. The lowest BCUT2D eigenvalue weighted by Gasteiger charge is -2.43. The summed E-state index contributed by atoms with van der Waals surface area (Å²) in [6, 6.07) is 0. The number of hydrogen-bond donors (Lipinski definition) is 0. The highest BCUT2D eigenvalue weighted by Crippen LogP contribution is 2.68. The summed E-state index contributed by atoms with van der Waals surface area (Å²) < 4.78 is 0. The van der Waals surface area contributed by atoms with Crippen molar-refractivity contribution in [3.05, 3.63) is 0 Å². The summed E-state index contributed by atoms with van der Waals surface area (Å²) in [5.74, 6) is 0. The van der Waals surface area contributed by atoms with E-state index in [9.17, 15) is 0 Å². The van der Waals surface area contributed by atoms with Crippen molar-refractivity contribution in [1.29, 1.82) is 0 Å². The van der Waals surface area contributed by atoms with Gasteiger partial charge in [0.1, 0.15) is 0 Å². The van der Waals surface area contributed by atoms with Crippen LogP contribution < -0.4 is 0 Å². The SMILES string of the molecule is CC(C)(C)C[P+](CC(C)(C)C)(CC(C)(C)C)CC(C)(C)C. The number of rotatable bonds is 4. The fourth-order valence-corrected chi connectivity index (χ4v) is 13.1. The normalized spacial score (nSPS) is 15.4. The third kappa shape index (κ3) is 11.6. The van der Waals surface area contributed by atoms with Crippen LogP contribution in [0.2, 0.25) is 0 Å². The van der Waals surface area contributed by atoms with E-state index in [1.54, 1.807) is 0 Å². The quantitative estimate of drug-likeness (QED) is 0.482. The Morgan fingerprint density at radius 1 is 0.381 bits per heavy atom. The lowest BCUT2D eigenvalue weighted by Crippen LogP contribution is -2.34. The monoisotopic (exact) mass is 315 g/mol. The van der Waals surface area contributed by atoms with E-state index >= 15 is 0 Å². The van der Waals surface area contributed by atoms with Crippen LogP contribution in [0.25, 0.3) is 0 Å². The molecule has 0 N–H and O–H groups in total. The van der Waals surface area contributed by atoms with E-state index in [4.69, 9.17) is 0 Å². The van der Waals surface area contributed by atoms with Crippen LogP contribution >= 0.6 is 7.26 Å². The molecule has 0 radical (unpaired) electrons. The maximum atomic E-state index is 2.44. The molecule has 0 nitrogen and oxygen atoms in total. The van der Waals surface area contributed by atoms with E-state index < -0.39 is 7.26 Å². The molecule has 0 heterocycles. The fourth-order valence-electron chi connectivity index (χ4n) is 4.36. The van der Waals surface area contributed by atoms with Gasteiger partial charge in [0.15, 0.2) is 0 Å². The molecule has 0 aliphatic rings. The van der Waals surface area contributed by atoms with Gasteiger partial charge in [-0.1, -0.05) is 83.1 Å². The highest BCUT2D eigenvalue weighted by Gasteiger charge is 2.48. The van der Waals surface area contributed by atoms with Gasteiger partial charge in [0.05, 0.1) is 24.6 Å². The molecule has 0 aliphatic carbocycles. The van der Waals surface area contributed by atoms with Crippen LogP contribution in [0.1, 0.15) is 83.1 Å². The van der Waals surface area contributed by atoms with Crippen molar-refractivity contribution < 1.29 is 0 Å². The van der Waals surface area contributed by atoms with E-state index in [-0.39, 0.29) is 0 Å². The standard InChI is InChI=1S/C20H44P/c1-17(2,3)13-21(14-18(4,5)6,15-19(7,8)9)16-20(10,11)12/h13-16H2,1-12H3/q+1. The highest BCUT2D eigenvalue weighted by molar-refractivity contribution is 7.76. The lowest BCUT2D eigenvalue weighted by molar-refractivity contribution is 0.418. The predicted octanol–water partition coefficient (Wildman–Crippen LogP) is 7.19. The largest absolute Gasteiger partial charge is 0.0643 e. The van der Waals surface area contributed by atoms with Crippen molar-refractivity contribution in [2.45, 2.75) is 83.1 Å². The minimum absolute atomic E-state index is 0.440. The first kappa shape index (κ1) is 21.4. The zero-order valence-corrected chi connectivity index (χ0v) is 18.2. The van der Waals surface area contributed by atoms with E-state index in [0.29, 0.717) is 21.7 Å². The second kappa shape index (κ2) is 6.51. The maximum absolute atomic E-state index is 2.44. The molecule has 0 saturated carbocycles. The zero-order valence-electron chi connectivity index (χ0n) is 17.3. The average Bonchev–Trinajstić information content (AvgIpc) is 1.83. The molecule has 0 spiro atoms. The van der Waals surface area contributed by atoms with E-state index in [1.165, 1.54) is 24.6 Å². The Morgan fingerprint density at radius 2 is 0.524 bits per heavy atom. The second-order valence-corrected chi connectivity index (χ2v) is 16.2. The molecule has 0 bridgehead atoms. The summed E-state index contributed by atoms with van der Waals surface area (Å²) in [5.41, 5.74) is 1.76. The summed E-state index contributed by atoms with van der Waals surface area (Å²) in [4.78, 5) is 0. The summed E-state index contributed by atoms with van der Waals surface area (Å²) in [6.45, 7) is 29.3. The van der Waals surface area contributed by atoms with Crippen molar-refractivity contribution in [1.82, 2.24) is 0 Å². The van der Waals surface area contributed by atoms with Crippen molar-refractivity contribution in [3.8, 4) is 0 Å². The molecule has 0 aromatic heterocycles. The minimum atomic E-state index is -0.982. The van der Waals surface area contributed by atoms with Gasteiger partial charge in [0.2, 0.25) is 0 Å². The van der Waals surface area contributed by atoms with Crippen molar-refractivity contribution >= 4 is 7.26 Å². The van der Waals surface area contributed by atoms with E-state index in [1.807, 2.05) is 0 Å². The Labute approximate surface area is 137 Å². The van der Waals surface area contributed by atoms with Crippen LogP contribution in [0.15, 0.2) is 0 Å². The maximum Gasteiger partial charge on any atom is 0.0643 e. The number of hydrogen-bond acceptors (Lipinski definition) is 0. The first-order valence-electron chi connectivity index (χ1n) is 8.68. The minimum Gasteiger partial charge on any atom is -0.0567 e. The van der Waals surface area contributed by atoms with Gasteiger partial charge < -0.3 is 0 Å². The Hall–Kier alpha value is 0.430. The first-order valence-corrected chi connectivity index (χ1v) is 11.2. The van der Waals surface area contributed by atoms with Gasteiger partial charge in [-0.2, -0.15) is 0 Å². The van der Waals surface area contributed by atoms with Crippen LogP contribution in [0.3, 0.4) is 0 Å². The first-order chi connectivity index (χ1) is 8.83. The predicted molar refractivity (Wildman–Crippen MR) is 104 cm³/mol. The molecule has 0 rings (SSSR count). The molecule has 0 aromatic rings. The van der Waals surface area contributed by atoms with Gasteiger partial charge >= 0.3 is 0 Å². The molecule has 0 fully saturated rings. The summed E-state index contributed by atoms with van der Waals surface area (Å²) in [5, 5.41) is 0. The van der Waals surface area contributed by atoms with Crippen molar-refractivity contribution in [2.75, 3.05) is 24.6 Å². The molecular weight excluding hydrogens is 271 g/mol. The van der Waals surface area contributed by atoms with Crippen LogP contribution in [0, 0.1) is 21.7 Å². The van der Waals surface area contributed by atoms with Gasteiger partial charge in [0, 0.05) is 7.26 Å². The third-order valence-corrected chi connectivity index (χ3v) is 9.72. The lowest BCUT2D eigenvalue weighted by atomic mass is 9.99. The van der Waals surface area contributed by atoms with Crippen LogP contribution in [-0.4, -0.2) is 24.6 Å². The average molecular weight is 316 g/mol. The van der Waals surface area contributed by atoms with Crippen molar-refractivity contribution in [2.24, 2.45) is 21.7 Å². The molecule has 21 heavy (non-hydrogen) atoms. The van der Waals surface area contributed by atoms with Crippen LogP contribution in [0.4, 0.5) is 0 Å². The molecule has 0 aliphatic heterocycles. The third-order valence-electron chi connectivity index (χ3n) is 3.24. The zero-order chi connectivity index (χ0) is 17.3. The van der Waals surface area contributed by atoms with Crippen molar-refractivity contribution in [3.63, 3.8) is 0 Å². The van der Waals surface area contributed by atoms with Gasteiger partial charge in [-0.3, -0.25) is 0 Å². The van der Waals surface area contributed by atoms with Crippen LogP contribution in [0.5, 0.6) is 0 Å². The van der Waals surface area contributed by atoms with Gasteiger partial charge in [-0.05, 0) is 21.7 Å². The van der Waals surface area contributed by atoms with Crippen LogP contribution in [-0.2, 0) is 0 Å². The highest BCUT2D eigenvalue weighted by atomic mass is 31.2. The van der Waals surface area contributed by atoms with Gasteiger partial charge in [0.25, 0.3) is 0 Å². The fraction of sp³-hybridized carbons (Fsp3) is 1.00. The topological polar surface area (TPSA) is 0 Å². The Kier molecular flexibility index (Phi) is 6.64. The summed E-state index contributed by atoms with van der Waals surface area (Å²) >= 11 is 0. The molecule has 0 amide bonds. The van der Waals surface area contributed by atoms with Gasteiger partial charge in [-0.25, -0.2) is 0 Å². The summed E-state index contributed by atoms with van der Waals surface area (Å²) in [6.07, 6.45) is 5.75. The molecule has 0 unspecified atom stereocenters. The molecule has 0 saturated heterocycles. The Balaban J connectivity index is 5.70. The molecule has 128 valence electrons. The Bertz CT molecular complexity index is 242. The van der Waals surface area contributed by atoms with E-state index in [0.717, 1.165) is 0 Å². The smallest absolute Gasteiger partial charge is 0.0567 e. The Morgan fingerprint density at radius 3 is 0.619 bits per heavy atom. The molecule has 0 aromatic carbocycles. The second-order valence-electron chi connectivity index (χ2n) is 12.2.